The number of carbonyl (C=O) groups is 3. The number of nitrogens with zero attached hydrogens (tertiary/aromatic N) is 2. The van der Waals surface area contributed by atoms with Gasteiger partial charge < -0.3 is 15.1 Å². The van der Waals surface area contributed by atoms with Crippen molar-refractivity contribution in [2.24, 2.45) is 5.92 Å². The second-order valence-electron chi connectivity index (χ2n) is 7.21. The van der Waals surface area contributed by atoms with Crippen LogP contribution in [0.25, 0.3) is 0 Å². The van der Waals surface area contributed by atoms with E-state index in [0.29, 0.717) is 25.1 Å². The zero-order chi connectivity index (χ0) is 19.6. The number of nitrogens with one attached hydrogen (secondary N) is 1. The molecule has 1 saturated heterocycles. The summed E-state index contributed by atoms with van der Waals surface area (Å²) in [5.74, 6) is -0.769. The summed E-state index contributed by atoms with van der Waals surface area (Å²) < 4.78 is 13.2. The molecular weight excluding hydrogens is 349 g/mol. The maximum atomic E-state index is 13.2. The summed E-state index contributed by atoms with van der Waals surface area (Å²) in [4.78, 5) is 41.2. The van der Waals surface area contributed by atoms with Crippen molar-refractivity contribution in [1.82, 2.24) is 15.1 Å². The lowest BCUT2D eigenvalue weighted by atomic mass is 10.1. The summed E-state index contributed by atoms with van der Waals surface area (Å²) in [6.45, 7) is 5.20. The molecule has 0 spiro atoms. The molecule has 2 atom stereocenters. The Balaban J connectivity index is 1.79. The zero-order valence-electron chi connectivity index (χ0n) is 15.8. The molecule has 0 radical (unpaired) electrons. The molecule has 1 aliphatic heterocycles. The van der Waals surface area contributed by atoms with Crippen LogP contribution in [-0.4, -0.2) is 59.2 Å². The number of rotatable bonds is 6. The summed E-state index contributed by atoms with van der Waals surface area (Å²) in [6, 6.07) is 4.45. The van der Waals surface area contributed by atoms with Crippen LogP contribution in [0, 0.1) is 11.7 Å². The molecule has 1 aliphatic carbocycles. The average Bonchev–Trinajstić information content (AvgIpc) is 3.43. The molecule has 1 saturated carbocycles. The van der Waals surface area contributed by atoms with Crippen LogP contribution in [0.5, 0.6) is 0 Å². The molecule has 3 rings (SSSR count). The molecule has 2 fully saturated rings. The monoisotopic (exact) mass is 375 g/mol. The fourth-order valence-corrected chi connectivity index (χ4v) is 3.57. The van der Waals surface area contributed by atoms with Crippen LogP contribution in [0.1, 0.15) is 43.5 Å². The first-order valence-electron chi connectivity index (χ1n) is 9.60. The number of hydrogen-bond donors (Lipinski definition) is 1. The van der Waals surface area contributed by atoms with E-state index in [1.54, 1.807) is 4.90 Å². The smallest absolute Gasteiger partial charge is 0.254 e. The van der Waals surface area contributed by atoms with Crippen molar-refractivity contribution in [2.45, 2.75) is 45.2 Å². The molecule has 1 aromatic rings. The van der Waals surface area contributed by atoms with Crippen molar-refractivity contribution in [2.75, 3.05) is 19.6 Å². The molecule has 6 nitrogen and oxygen atoms in total. The highest BCUT2D eigenvalue weighted by Crippen LogP contribution is 2.30. The summed E-state index contributed by atoms with van der Waals surface area (Å²) in [6.07, 6.45) is 2.21. The third-order valence-corrected chi connectivity index (χ3v) is 5.31. The summed E-state index contributed by atoms with van der Waals surface area (Å²) in [7, 11) is 0. The van der Waals surface area contributed by atoms with Crippen molar-refractivity contribution < 1.29 is 18.8 Å². The zero-order valence-corrected chi connectivity index (χ0v) is 15.8. The normalized spacial score (nSPS) is 21.8. The highest BCUT2D eigenvalue weighted by molar-refractivity contribution is 5.98. The first-order chi connectivity index (χ1) is 12.9. The number of likely N-dealkylation sites (tertiary alicyclic amines) is 1. The van der Waals surface area contributed by atoms with Crippen molar-refractivity contribution in [3.8, 4) is 0 Å². The van der Waals surface area contributed by atoms with Gasteiger partial charge in [0.2, 0.25) is 11.8 Å². The van der Waals surface area contributed by atoms with Crippen LogP contribution < -0.4 is 5.32 Å². The third-order valence-electron chi connectivity index (χ3n) is 5.31. The van der Waals surface area contributed by atoms with Crippen molar-refractivity contribution >= 4 is 17.7 Å². The van der Waals surface area contributed by atoms with Gasteiger partial charge in [0.25, 0.3) is 5.91 Å². The van der Waals surface area contributed by atoms with Crippen LogP contribution in [0.15, 0.2) is 24.3 Å². The van der Waals surface area contributed by atoms with E-state index in [-0.39, 0.29) is 36.2 Å². The minimum Gasteiger partial charge on any atom is -0.351 e. The van der Waals surface area contributed by atoms with Crippen molar-refractivity contribution in [3.63, 3.8) is 0 Å². The number of amides is 3. The van der Waals surface area contributed by atoms with E-state index >= 15 is 0 Å². The molecule has 3 amide bonds. The largest absolute Gasteiger partial charge is 0.351 e. The standard InChI is InChI=1S/C20H26FN3O3/c1-3-23(4-2)20(27)17-11-16(22-18(25)13-5-6-13)12-24(17)19(26)14-7-9-15(21)10-8-14/h7-10,13,16-17H,3-6,11-12H2,1-2H3,(H,22,25)/t16-,17+/m1/s1. The van der Waals surface area contributed by atoms with Crippen LogP contribution in [0.3, 0.4) is 0 Å². The maximum absolute atomic E-state index is 13.2. The minimum absolute atomic E-state index is 0.00474. The molecular formula is C20H26FN3O3. The van der Waals surface area contributed by atoms with E-state index in [4.69, 9.17) is 0 Å². The van der Waals surface area contributed by atoms with E-state index in [9.17, 15) is 18.8 Å². The topological polar surface area (TPSA) is 69.7 Å². The molecule has 7 heteroatoms. The Hall–Kier alpha value is -2.44. The minimum atomic E-state index is -0.619. The lowest BCUT2D eigenvalue weighted by Crippen LogP contribution is -2.47. The Labute approximate surface area is 158 Å². The number of halogens is 1. The molecule has 1 N–H and O–H groups in total. The number of carbonyl (C=O) groups excluding carboxylic acids is 3. The third kappa shape index (κ3) is 4.28. The SMILES string of the molecule is CCN(CC)C(=O)[C@@H]1C[C@@H](NC(=O)C2CC2)CN1C(=O)c1ccc(F)cc1. The fourth-order valence-electron chi connectivity index (χ4n) is 3.57. The summed E-state index contributed by atoms with van der Waals surface area (Å²) in [5, 5.41) is 2.98. The van der Waals surface area contributed by atoms with Crippen molar-refractivity contribution in [3.05, 3.63) is 35.6 Å². The van der Waals surface area contributed by atoms with E-state index in [2.05, 4.69) is 5.32 Å². The van der Waals surface area contributed by atoms with Crippen molar-refractivity contribution in [1.29, 1.82) is 0 Å². The molecule has 0 unspecified atom stereocenters. The Morgan fingerprint density at radius 2 is 1.78 bits per heavy atom. The van der Waals surface area contributed by atoms with Crippen LogP contribution in [0.2, 0.25) is 0 Å². The Bertz CT molecular complexity index is 714. The second-order valence-corrected chi connectivity index (χ2v) is 7.21. The van der Waals surface area contributed by atoms with Gasteiger partial charge in [-0.05, 0) is 57.4 Å². The number of hydrogen-bond acceptors (Lipinski definition) is 3. The number of likely N-dealkylation sites (N-methyl/N-ethyl adjacent to an activating group) is 1. The van der Waals surface area contributed by atoms with Gasteiger partial charge in [0.1, 0.15) is 11.9 Å². The van der Waals surface area contributed by atoms with Gasteiger partial charge >= 0.3 is 0 Å². The van der Waals surface area contributed by atoms with Gasteiger partial charge in [-0.3, -0.25) is 14.4 Å². The van der Waals surface area contributed by atoms with Gasteiger partial charge in [0.05, 0.1) is 0 Å². The molecule has 1 aromatic carbocycles. The molecule has 1 heterocycles. The maximum Gasteiger partial charge on any atom is 0.254 e. The first-order valence-corrected chi connectivity index (χ1v) is 9.60. The van der Waals surface area contributed by atoms with Gasteiger partial charge in [0, 0.05) is 37.2 Å². The highest BCUT2D eigenvalue weighted by atomic mass is 19.1. The lowest BCUT2D eigenvalue weighted by molar-refractivity contribution is -0.135. The average molecular weight is 375 g/mol. The van der Waals surface area contributed by atoms with E-state index in [1.165, 1.54) is 29.2 Å². The van der Waals surface area contributed by atoms with Crippen LogP contribution in [0.4, 0.5) is 4.39 Å². The molecule has 146 valence electrons. The van der Waals surface area contributed by atoms with Gasteiger partial charge in [-0.1, -0.05) is 0 Å². The Kier molecular flexibility index (Phi) is 5.77. The van der Waals surface area contributed by atoms with Crippen LogP contribution >= 0.6 is 0 Å². The van der Waals surface area contributed by atoms with E-state index in [0.717, 1.165) is 12.8 Å². The van der Waals surface area contributed by atoms with Gasteiger partial charge in [-0.25, -0.2) is 4.39 Å². The van der Waals surface area contributed by atoms with Gasteiger partial charge in [-0.2, -0.15) is 0 Å². The fraction of sp³-hybridized carbons (Fsp3) is 0.550. The molecule has 0 bridgehead atoms. The quantitative estimate of drug-likeness (QED) is 0.824. The van der Waals surface area contributed by atoms with Gasteiger partial charge in [-0.15, -0.1) is 0 Å². The van der Waals surface area contributed by atoms with Crippen LogP contribution in [-0.2, 0) is 9.59 Å². The second kappa shape index (κ2) is 8.06. The summed E-state index contributed by atoms with van der Waals surface area (Å²) >= 11 is 0. The van der Waals surface area contributed by atoms with Gasteiger partial charge in [0.15, 0.2) is 0 Å². The van der Waals surface area contributed by atoms with E-state index in [1.807, 2.05) is 13.8 Å². The Morgan fingerprint density at radius 1 is 1.15 bits per heavy atom. The summed E-state index contributed by atoms with van der Waals surface area (Å²) in [5.41, 5.74) is 0.336. The lowest BCUT2D eigenvalue weighted by Gasteiger charge is -2.28. The predicted octanol–water partition coefficient (Wildman–Crippen LogP) is 1.80. The highest BCUT2D eigenvalue weighted by Gasteiger charge is 2.42. The number of benzene rings is 1. The predicted molar refractivity (Wildman–Crippen MR) is 98.4 cm³/mol. The molecule has 0 aromatic heterocycles. The molecule has 2 aliphatic rings. The Morgan fingerprint density at radius 3 is 2.33 bits per heavy atom. The molecule has 27 heavy (non-hydrogen) atoms. The first kappa shape index (κ1) is 19.3. The van der Waals surface area contributed by atoms with E-state index < -0.39 is 11.9 Å².